The number of rotatable bonds is 5. The lowest BCUT2D eigenvalue weighted by atomic mass is 9.98. The Bertz CT molecular complexity index is 473. The van der Waals surface area contributed by atoms with Gasteiger partial charge in [0.15, 0.2) is 11.9 Å². The number of alkyl halides is 1. The van der Waals surface area contributed by atoms with E-state index in [1.54, 1.807) is 25.3 Å². The number of carbonyl (C=O) groups is 2. The van der Waals surface area contributed by atoms with Crippen LogP contribution in [-0.2, 0) is 4.79 Å². The maximum Gasteiger partial charge on any atom is 0.337 e. The van der Waals surface area contributed by atoms with Gasteiger partial charge >= 0.3 is 5.97 Å². The number of carboxylic acid groups (broad SMARTS) is 1. The Balaban J connectivity index is 3.42. The van der Waals surface area contributed by atoms with Crippen molar-refractivity contribution in [3.05, 3.63) is 29.3 Å². The summed E-state index contributed by atoms with van der Waals surface area (Å²) in [5, 5.41) is 18.7. The fraction of sp³-hybridized carbons (Fsp3) is 0.333. The van der Waals surface area contributed by atoms with Gasteiger partial charge in [0, 0.05) is 16.0 Å². The molecule has 4 nitrogen and oxygen atoms in total. The predicted molar refractivity (Wildman–Crippen MR) is 73.5 cm³/mol. The van der Waals surface area contributed by atoms with E-state index < -0.39 is 16.9 Å². The zero-order valence-electron chi connectivity index (χ0n) is 9.88. The first-order valence-electron chi connectivity index (χ1n) is 5.16. The number of thioether (sulfide) groups is 1. The van der Waals surface area contributed by atoms with Crippen LogP contribution in [0.3, 0.4) is 0 Å². The molecule has 0 aliphatic carbocycles. The lowest BCUT2D eigenvalue weighted by Crippen LogP contribution is -2.19. The minimum atomic E-state index is -1.70. The van der Waals surface area contributed by atoms with Gasteiger partial charge in [0.05, 0.1) is 4.83 Å². The van der Waals surface area contributed by atoms with Gasteiger partial charge in [-0.25, -0.2) is 4.79 Å². The summed E-state index contributed by atoms with van der Waals surface area (Å²) in [6.45, 7) is 1.66. The van der Waals surface area contributed by atoms with Gasteiger partial charge in [-0.15, -0.1) is 11.8 Å². The number of aliphatic carboxylic acids is 1. The number of carbonyl (C=O) groups excluding carboxylic acids is 1. The third-order valence-electron chi connectivity index (χ3n) is 2.42. The molecular formula is C12H13BrO4S. The van der Waals surface area contributed by atoms with Crippen LogP contribution in [0.5, 0.6) is 0 Å². The van der Waals surface area contributed by atoms with Crippen LogP contribution in [0, 0.1) is 0 Å². The summed E-state index contributed by atoms with van der Waals surface area (Å²) >= 11 is 4.45. The molecule has 2 atom stereocenters. The highest BCUT2D eigenvalue weighted by Crippen LogP contribution is 2.30. The summed E-state index contributed by atoms with van der Waals surface area (Å²) in [7, 11) is 0. The summed E-state index contributed by atoms with van der Waals surface area (Å²) in [5.74, 6) is -1.62. The van der Waals surface area contributed by atoms with E-state index in [2.05, 4.69) is 15.9 Å². The minimum Gasteiger partial charge on any atom is -0.479 e. The minimum absolute atomic E-state index is 0.161. The SMILES string of the molecule is CSc1cccc(C(=O)C(C)Br)c1C(O)C(=O)O. The van der Waals surface area contributed by atoms with E-state index in [1.807, 2.05) is 0 Å². The third kappa shape index (κ3) is 3.13. The second-order valence-electron chi connectivity index (χ2n) is 3.64. The molecule has 1 aromatic rings. The standard InChI is InChI=1S/C12H13BrO4S/c1-6(13)10(14)7-4-3-5-8(18-2)9(7)11(15)12(16)17/h3-6,11,15H,1-2H3,(H,16,17). The predicted octanol–water partition coefficient (Wildman–Crippen LogP) is 2.49. The Morgan fingerprint density at radius 1 is 1.39 bits per heavy atom. The molecule has 18 heavy (non-hydrogen) atoms. The summed E-state index contributed by atoms with van der Waals surface area (Å²) in [5.41, 5.74) is 0.398. The van der Waals surface area contributed by atoms with Gasteiger partial charge in [-0.1, -0.05) is 28.1 Å². The Hall–Kier alpha value is -0.850. The molecule has 0 saturated heterocycles. The van der Waals surface area contributed by atoms with E-state index in [1.165, 1.54) is 17.8 Å². The lowest BCUT2D eigenvalue weighted by Gasteiger charge is -2.16. The Morgan fingerprint density at radius 3 is 2.44 bits per heavy atom. The Kier molecular flexibility index (Phi) is 5.37. The third-order valence-corrected chi connectivity index (χ3v) is 3.63. The molecular weight excluding hydrogens is 320 g/mol. The van der Waals surface area contributed by atoms with Crippen molar-refractivity contribution < 1.29 is 19.8 Å². The summed E-state index contributed by atoms with van der Waals surface area (Å²) in [6.07, 6.45) is 0.0676. The van der Waals surface area contributed by atoms with Crippen LogP contribution in [0.4, 0.5) is 0 Å². The van der Waals surface area contributed by atoms with Crippen LogP contribution in [-0.4, -0.2) is 33.0 Å². The number of Topliss-reactive ketones (excluding diaryl/α,β-unsaturated/α-hetero) is 1. The van der Waals surface area contributed by atoms with E-state index in [-0.39, 0.29) is 16.9 Å². The van der Waals surface area contributed by atoms with Crippen molar-refractivity contribution in [2.45, 2.75) is 22.8 Å². The normalized spacial score (nSPS) is 14.0. The lowest BCUT2D eigenvalue weighted by molar-refractivity contribution is -0.147. The molecule has 0 heterocycles. The van der Waals surface area contributed by atoms with Gasteiger partial charge in [0.1, 0.15) is 0 Å². The number of aliphatic hydroxyl groups excluding tert-OH is 1. The topological polar surface area (TPSA) is 74.6 Å². The number of hydrogen-bond donors (Lipinski definition) is 2. The molecule has 0 radical (unpaired) electrons. The molecule has 2 unspecified atom stereocenters. The van der Waals surface area contributed by atoms with E-state index in [9.17, 15) is 14.7 Å². The number of hydrogen-bond acceptors (Lipinski definition) is 4. The summed E-state index contributed by atoms with van der Waals surface area (Å²) < 4.78 is 0. The van der Waals surface area contributed by atoms with Crippen molar-refractivity contribution in [1.29, 1.82) is 0 Å². The Labute approximate surface area is 118 Å². The number of carboxylic acids is 1. The molecule has 0 spiro atoms. The van der Waals surface area contributed by atoms with Crippen molar-refractivity contribution in [1.82, 2.24) is 0 Å². The van der Waals surface area contributed by atoms with Crippen molar-refractivity contribution in [3.63, 3.8) is 0 Å². The highest BCUT2D eigenvalue weighted by atomic mass is 79.9. The molecule has 1 aromatic carbocycles. The highest BCUT2D eigenvalue weighted by Gasteiger charge is 2.26. The maximum atomic E-state index is 12.0. The highest BCUT2D eigenvalue weighted by molar-refractivity contribution is 9.10. The average molecular weight is 333 g/mol. The second-order valence-corrected chi connectivity index (χ2v) is 5.86. The molecule has 0 aliphatic rings. The van der Waals surface area contributed by atoms with Crippen LogP contribution >= 0.6 is 27.7 Å². The first-order valence-corrected chi connectivity index (χ1v) is 7.30. The van der Waals surface area contributed by atoms with Crippen LogP contribution in [0.1, 0.15) is 28.9 Å². The van der Waals surface area contributed by atoms with Gasteiger partial charge in [0.2, 0.25) is 0 Å². The van der Waals surface area contributed by atoms with E-state index in [4.69, 9.17) is 5.11 Å². The molecule has 98 valence electrons. The fourth-order valence-corrected chi connectivity index (χ4v) is 2.46. The van der Waals surface area contributed by atoms with Crippen LogP contribution in [0.25, 0.3) is 0 Å². The van der Waals surface area contributed by atoms with E-state index in [0.29, 0.717) is 4.90 Å². The largest absolute Gasteiger partial charge is 0.479 e. The van der Waals surface area contributed by atoms with Gasteiger partial charge in [-0.05, 0) is 19.2 Å². The number of benzene rings is 1. The number of aliphatic hydroxyl groups is 1. The average Bonchev–Trinajstić information content (AvgIpc) is 2.35. The number of ketones is 1. The second kappa shape index (κ2) is 6.36. The summed E-state index contributed by atoms with van der Waals surface area (Å²) in [4.78, 5) is 23.1. The molecule has 0 aliphatic heterocycles. The molecule has 0 saturated carbocycles. The molecule has 6 heteroatoms. The van der Waals surface area contributed by atoms with Gasteiger partial charge in [-0.2, -0.15) is 0 Å². The Morgan fingerprint density at radius 2 is 2.00 bits per heavy atom. The molecule has 2 N–H and O–H groups in total. The maximum absolute atomic E-state index is 12.0. The molecule has 0 bridgehead atoms. The zero-order chi connectivity index (χ0) is 13.9. The fourth-order valence-electron chi connectivity index (χ4n) is 1.56. The van der Waals surface area contributed by atoms with Crippen LogP contribution in [0.15, 0.2) is 23.1 Å². The van der Waals surface area contributed by atoms with E-state index >= 15 is 0 Å². The summed E-state index contributed by atoms with van der Waals surface area (Å²) in [6, 6.07) is 4.88. The van der Waals surface area contributed by atoms with Crippen LogP contribution < -0.4 is 0 Å². The van der Waals surface area contributed by atoms with Crippen LogP contribution in [0.2, 0.25) is 0 Å². The first-order chi connectivity index (χ1) is 8.40. The van der Waals surface area contributed by atoms with Gasteiger partial charge in [0.25, 0.3) is 0 Å². The molecule has 1 rings (SSSR count). The first kappa shape index (κ1) is 15.2. The van der Waals surface area contributed by atoms with E-state index in [0.717, 1.165) is 0 Å². The van der Waals surface area contributed by atoms with Crippen molar-refractivity contribution in [2.24, 2.45) is 0 Å². The molecule has 0 amide bonds. The molecule has 0 aromatic heterocycles. The van der Waals surface area contributed by atoms with Gasteiger partial charge in [-0.3, -0.25) is 4.79 Å². The van der Waals surface area contributed by atoms with Gasteiger partial charge < -0.3 is 10.2 Å². The van der Waals surface area contributed by atoms with Crippen molar-refractivity contribution in [3.8, 4) is 0 Å². The number of halogens is 1. The zero-order valence-corrected chi connectivity index (χ0v) is 12.3. The smallest absolute Gasteiger partial charge is 0.337 e. The van der Waals surface area contributed by atoms with Crippen molar-refractivity contribution in [2.75, 3.05) is 6.26 Å². The van der Waals surface area contributed by atoms with Crippen molar-refractivity contribution >= 4 is 39.4 Å². The quantitative estimate of drug-likeness (QED) is 0.492. The molecule has 0 fully saturated rings. The monoisotopic (exact) mass is 332 g/mol.